The zero-order valence-corrected chi connectivity index (χ0v) is 11.1. The Morgan fingerprint density at radius 3 is 2.67 bits per heavy atom. The summed E-state index contributed by atoms with van der Waals surface area (Å²) in [5.74, 6) is -0.956. The lowest BCUT2D eigenvalue weighted by Crippen LogP contribution is -2.22. The summed E-state index contributed by atoms with van der Waals surface area (Å²) in [7, 11) is -3.67. The number of nitrogen functional groups attached to an aromatic ring is 1. The maximum Gasteiger partial charge on any atom is 0.235 e. The van der Waals surface area contributed by atoms with Crippen molar-refractivity contribution in [3.05, 3.63) is 24.0 Å². The maximum atomic E-state index is 13.4. The van der Waals surface area contributed by atoms with Crippen LogP contribution in [-0.2, 0) is 14.8 Å². The Labute approximate surface area is 106 Å². The summed E-state index contributed by atoms with van der Waals surface area (Å²) in [6.07, 6.45) is -0.0567. The Hall–Kier alpha value is -1.34. The normalized spacial score (nSPS) is 11.8. The van der Waals surface area contributed by atoms with Gasteiger partial charge in [-0.1, -0.05) is 6.07 Å². The fourth-order valence-corrected chi connectivity index (χ4v) is 2.19. The first kappa shape index (κ1) is 14.7. The molecular weight excluding hydrogens is 259 g/mol. The van der Waals surface area contributed by atoms with Gasteiger partial charge in [-0.3, -0.25) is 4.72 Å². The Balaban J connectivity index is 2.71. The van der Waals surface area contributed by atoms with Gasteiger partial charge in [-0.15, -0.1) is 0 Å². The van der Waals surface area contributed by atoms with E-state index in [0.717, 1.165) is 6.07 Å². The van der Waals surface area contributed by atoms with Crippen molar-refractivity contribution >= 4 is 21.4 Å². The Morgan fingerprint density at radius 2 is 2.11 bits per heavy atom. The number of hydrogen-bond donors (Lipinski definition) is 2. The van der Waals surface area contributed by atoms with Crippen molar-refractivity contribution in [3.8, 4) is 0 Å². The van der Waals surface area contributed by atoms with Crippen molar-refractivity contribution in [1.29, 1.82) is 0 Å². The Morgan fingerprint density at radius 1 is 1.44 bits per heavy atom. The number of nitrogens with two attached hydrogens (primary N) is 1. The molecule has 0 atom stereocenters. The number of ether oxygens (including phenoxy) is 1. The lowest BCUT2D eigenvalue weighted by molar-refractivity contribution is 0.0913. The van der Waals surface area contributed by atoms with Gasteiger partial charge in [0.05, 0.1) is 24.2 Å². The maximum absolute atomic E-state index is 13.4. The Kier molecular flexibility index (Phi) is 4.92. The number of sulfonamides is 1. The van der Waals surface area contributed by atoms with Gasteiger partial charge in [0.15, 0.2) is 0 Å². The summed E-state index contributed by atoms with van der Waals surface area (Å²) in [5.41, 5.74) is 5.33. The molecule has 0 aliphatic heterocycles. The first-order chi connectivity index (χ1) is 8.32. The summed E-state index contributed by atoms with van der Waals surface area (Å²) in [6, 6.07) is 3.97. The average molecular weight is 276 g/mol. The second-order valence-corrected chi connectivity index (χ2v) is 5.89. The minimum absolute atomic E-state index is 0.0430. The van der Waals surface area contributed by atoms with Crippen molar-refractivity contribution in [2.75, 3.05) is 22.8 Å². The second kappa shape index (κ2) is 6.01. The van der Waals surface area contributed by atoms with Crippen LogP contribution in [0.2, 0.25) is 0 Å². The number of halogens is 1. The van der Waals surface area contributed by atoms with Gasteiger partial charge in [-0.2, -0.15) is 0 Å². The molecule has 1 rings (SSSR count). The number of nitrogens with one attached hydrogen (secondary N) is 1. The molecule has 0 radical (unpaired) electrons. The van der Waals surface area contributed by atoms with Gasteiger partial charge < -0.3 is 10.5 Å². The van der Waals surface area contributed by atoms with Crippen LogP contribution in [0.5, 0.6) is 0 Å². The lowest BCUT2D eigenvalue weighted by Gasteiger charge is -2.12. The first-order valence-electron chi connectivity index (χ1n) is 5.48. The van der Waals surface area contributed by atoms with E-state index in [-0.39, 0.29) is 29.8 Å². The van der Waals surface area contributed by atoms with Crippen molar-refractivity contribution in [3.63, 3.8) is 0 Å². The number of rotatable bonds is 6. The van der Waals surface area contributed by atoms with Gasteiger partial charge in [0.2, 0.25) is 10.0 Å². The van der Waals surface area contributed by atoms with Crippen molar-refractivity contribution < 1.29 is 17.5 Å². The van der Waals surface area contributed by atoms with Gasteiger partial charge in [0.25, 0.3) is 0 Å². The molecule has 5 nitrogen and oxygen atoms in total. The van der Waals surface area contributed by atoms with E-state index in [0.29, 0.717) is 0 Å². The summed E-state index contributed by atoms with van der Waals surface area (Å²) in [4.78, 5) is 0. The van der Waals surface area contributed by atoms with E-state index in [9.17, 15) is 12.8 Å². The number of para-hydroxylation sites is 1. The minimum Gasteiger partial charge on any atom is -0.397 e. The van der Waals surface area contributed by atoms with Crippen LogP contribution in [0.25, 0.3) is 0 Å². The smallest absolute Gasteiger partial charge is 0.235 e. The van der Waals surface area contributed by atoms with Gasteiger partial charge in [-0.05, 0) is 26.0 Å². The van der Waals surface area contributed by atoms with Gasteiger partial charge in [0, 0.05) is 0 Å². The number of hydrogen-bond acceptors (Lipinski definition) is 4. The molecule has 3 N–H and O–H groups in total. The van der Waals surface area contributed by atoms with Crippen LogP contribution >= 0.6 is 0 Å². The van der Waals surface area contributed by atoms with E-state index in [4.69, 9.17) is 10.5 Å². The molecule has 7 heteroatoms. The van der Waals surface area contributed by atoms with Crippen molar-refractivity contribution in [2.45, 2.75) is 20.0 Å². The summed E-state index contributed by atoms with van der Waals surface area (Å²) in [5, 5.41) is 0. The SMILES string of the molecule is CC(C)OCCS(=O)(=O)Nc1c(N)cccc1F. The zero-order valence-electron chi connectivity index (χ0n) is 10.3. The molecule has 1 aromatic carbocycles. The Bertz CT molecular complexity index is 483. The first-order valence-corrected chi connectivity index (χ1v) is 7.13. The summed E-state index contributed by atoms with van der Waals surface area (Å²) in [6.45, 7) is 3.64. The molecule has 0 bridgehead atoms. The van der Waals surface area contributed by atoms with Crippen LogP contribution in [0.3, 0.4) is 0 Å². The molecule has 0 fully saturated rings. The highest BCUT2D eigenvalue weighted by atomic mass is 32.2. The minimum atomic E-state index is -3.67. The van der Waals surface area contributed by atoms with Crippen LogP contribution < -0.4 is 10.5 Å². The fraction of sp³-hybridized carbons (Fsp3) is 0.455. The van der Waals surface area contributed by atoms with E-state index in [1.54, 1.807) is 13.8 Å². The zero-order chi connectivity index (χ0) is 13.8. The highest BCUT2D eigenvalue weighted by Gasteiger charge is 2.15. The molecule has 102 valence electrons. The van der Waals surface area contributed by atoms with Gasteiger partial charge in [0.1, 0.15) is 11.5 Å². The van der Waals surface area contributed by atoms with Crippen LogP contribution in [0, 0.1) is 5.82 Å². The lowest BCUT2D eigenvalue weighted by atomic mass is 10.3. The largest absolute Gasteiger partial charge is 0.397 e. The van der Waals surface area contributed by atoms with E-state index in [1.165, 1.54) is 12.1 Å². The van der Waals surface area contributed by atoms with Gasteiger partial charge >= 0.3 is 0 Å². The van der Waals surface area contributed by atoms with Crippen LogP contribution in [-0.4, -0.2) is 26.9 Å². The van der Waals surface area contributed by atoms with Crippen LogP contribution in [0.4, 0.5) is 15.8 Å². The van der Waals surface area contributed by atoms with E-state index < -0.39 is 15.8 Å². The predicted octanol–water partition coefficient (Wildman–Crippen LogP) is 1.57. The third-order valence-electron chi connectivity index (χ3n) is 2.11. The molecule has 0 saturated heterocycles. The quantitative estimate of drug-likeness (QED) is 0.773. The van der Waals surface area contributed by atoms with E-state index >= 15 is 0 Å². The van der Waals surface area contributed by atoms with Crippen molar-refractivity contribution in [1.82, 2.24) is 0 Å². The highest BCUT2D eigenvalue weighted by molar-refractivity contribution is 7.92. The van der Waals surface area contributed by atoms with Gasteiger partial charge in [-0.25, -0.2) is 12.8 Å². The number of anilines is 2. The molecule has 18 heavy (non-hydrogen) atoms. The third-order valence-corrected chi connectivity index (χ3v) is 3.33. The topological polar surface area (TPSA) is 81.4 Å². The molecule has 0 aliphatic carbocycles. The van der Waals surface area contributed by atoms with Crippen LogP contribution in [0.1, 0.15) is 13.8 Å². The number of benzene rings is 1. The monoisotopic (exact) mass is 276 g/mol. The fourth-order valence-electron chi connectivity index (χ4n) is 1.25. The average Bonchev–Trinajstić information content (AvgIpc) is 2.23. The summed E-state index contributed by atoms with van der Waals surface area (Å²) >= 11 is 0. The molecule has 0 saturated carbocycles. The van der Waals surface area contributed by atoms with E-state index in [2.05, 4.69) is 4.72 Å². The van der Waals surface area contributed by atoms with Crippen LogP contribution in [0.15, 0.2) is 18.2 Å². The predicted molar refractivity (Wildman–Crippen MR) is 69.3 cm³/mol. The second-order valence-electron chi connectivity index (χ2n) is 4.04. The molecule has 0 heterocycles. The molecule has 0 spiro atoms. The third kappa shape index (κ3) is 4.50. The summed E-state index contributed by atoms with van der Waals surface area (Å²) < 4.78 is 44.0. The van der Waals surface area contributed by atoms with Crippen molar-refractivity contribution in [2.24, 2.45) is 0 Å². The standard InChI is InChI=1S/C11H17FN2O3S/c1-8(2)17-6-7-18(15,16)14-11-9(12)4-3-5-10(11)13/h3-5,8,14H,6-7,13H2,1-2H3. The highest BCUT2D eigenvalue weighted by Crippen LogP contribution is 2.22. The molecule has 0 unspecified atom stereocenters. The molecule has 0 aliphatic rings. The molecule has 1 aromatic rings. The molecular formula is C11H17FN2O3S. The molecule has 0 aromatic heterocycles. The molecule has 0 amide bonds. The van der Waals surface area contributed by atoms with E-state index in [1.807, 2.05) is 0 Å².